The van der Waals surface area contributed by atoms with E-state index in [1.807, 2.05) is 0 Å². The summed E-state index contributed by atoms with van der Waals surface area (Å²) < 4.78 is 33.4. The third-order valence-electron chi connectivity index (χ3n) is 1.44. The van der Waals surface area contributed by atoms with Crippen LogP contribution in [0.3, 0.4) is 0 Å². The summed E-state index contributed by atoms with van der Waals surface area (Å²) in [5.41, 5.74) is 0. The molecule has 0 amide bonds. The van der Waals surface area contributed by atoms with Gasteiger partial charge in [0.1, 0.15) is 0 Å². The van der Waals surface area contributed by atoms with Crippen molar-refractivity contribution in [2.24, 2.45) is 0 Å². The van der Waals surface area contributed by atoms with Crippen LogP contribution in [0.1, 0.15) is 12.8 Å². The van der Waals surface area contributed by atoms with Crippen LogP contribution in [-0.4, -0.2) is 33.8 Å². The fraction of sp³-hybridized carbons (Fsp3) is 0.667. The molecule has 0 aliphatic heterocycles. The Bertz CT molecular complexity index is 449. The Hall–Kier alpha value is 0.0400. The molecular weight excluding hydrogens is 276 g/mol. The second-order valence-corrected chi connectivity index (χ2v) is 6.82. The Morgan fingerprint density at radius 3 is 2.80 bits per heavy atom. The van der Waals surface area contributed by atoms with Gasteiger partial charge in [0.15, 0.2) is 4.34 Å². The quantitative estimate of drug-likeness (QED) is 0.360. The molecule has 0 saturated carbocycles. The summed E-state index contributed by atoms with van der Waals surface area (Å²) in [6.07, 6.45) is 1.18. The third-order valence-corrected chi connectivity index (χ3v) is 4.56. The van der Waals surface area contributed by atoms with Crippen LogP contribution in [0.2, 0.25) is 0 Å². The highest BCUT2D eigenvalue weighted by Crippen LogP contribution is 2.20. The van der Waals surface area contributed by atoms with E-state index in [2.05, 4.69) is 9.36 Å². The lowest BCUT2D eigenvalue weighted by atomic mass is 10.4. The second-order valence-electron chi connectivity index (χ2n) is 2.73. The molecule has 0 saturated heterocycles. The van der Waals surface area contributed by atoms with Crippen molar-refractivity contribution in [2.45, 2.75) is 17.2 Å². The Labute approximate surface area is 101 Å². The van der Waals surface area contributed by atoms with Crippen LogP contribution in [0.5, 0.6) is 0 Å². The van der Waals surface area contributed by atoms with Gasteiger partial charge in [-0.05, 0) is 36.6 Å². The number of thioether (sulfide) groups is 1. The maximum atomic E-state index is 10.4. The highest BCUT2D eigenvalue weighted by atomic mass is 32.2. The van der Waals surface area contributed by atoms with Crippen molar-refractivity contribution in [3.05, 3.63) is 4.77 Å². The molecule has 0 unspecified atom stereocenters. The number of rotatable bonds is 6. The summed E-state index contributed by atoms with van der Waals surface area (Å²) in [5, 5.41) is 0. The molecule has 0 spiro atoms. The number of hydrogen-bond acceptors (Lipinski definition) is 6. The van der Waals surface area contributed by atoms with Gasteiger partial charge in [0.2, 0.25) is 4.77 Å². The van der Waals surface area contributed by atoms with Gasteiger partial charge in [-0.1, -0.05) is 11.8 Å². The molecule has 0 radical (unpaired) electrons. The number of hydrogen-bond donors (Lipinski definition) is 2. The van der Waals surface area contributed by atoms with E-state index in [-0.39, 0.29) is 5.75 Å². The normalized spacial score (nSPS) is 11.8. The van der Waals surface area contributed by atoms with Gasteiger partial charge >= 0.3 is 0 Å². The molecule has 2 N–H and O–H groups in total. The highest BCUT2D eigenvalue weighted by Gasteiger charge is 2.04. The van der Waals surface area contributed by atoms with E-state index in [1.54, 1.807) is 0 Å². The smallest absolute Gasteiger partial charge is 0.264 e. The first-order chi connectivity index (χ1) is 6.97. The number of nitrogens with zero attached hydrogens (tertiary/aromatic N) is 1. The van der Waals surface area contributed by atoms with E-state index >= 15 is 0 Å². The molecule has 1 rings (SSSR count). The Kier molecular flexibility index (Phi) is 5.19. The van der Waals surface area contributed by atoms with Crippen molar-refractivity contribution in [1.82, 2.24) is 9.36 Å². The first kappa shape index (κ1) is 13.1. The summed E-state index contributed by atoms with van der Waals surface area (Å²) >= 11 is 7.69. The lowest BCUT2D eigenvalue weighted by Gasteiger charge is -1.96. The van der Waals surface area contributed by atoms with Crippen LogP contribution in [0, 0.1) is 4.77 Å². The molecule has 9 heteroatoms. The van der Waals surface area contributed by atoms with Gasteiger partial charge in [0.05, 0.1) is 5.75 Å². The van der Waals surface area contributed by atoms with Crippen LogP contribution < -0.4 is 0 Å². The van der Waals surface area contributed by atoms with Crippen molar-refractivity contribution in [3.8, 4) is 0 Å². The van der Waals surface area contributed by atoms with E-state index in [0.717, 1.165) is 16.5 Å². The Morgan fingerprint density at radius 2 is 2.27 bits per heavy atom. The van der Waals surface area contributed by atoms with Crippen LogP contribution in [0.25, 0.3) is 0 Å². The zero-order valence-corrected chi connectivity index (χ0v) is 10.9. The monoisotopic (exact) mass is 286 g/mol. The SMILES string of the molecule is O=S(=O)(O)CCCCSc1nc(=S)[nH]s1. The third kappa shape index (κ3) is 6.25. The average Bonchev–Trinajstić information content (AvgIpc) is 2.49. The topological polar surface area (TPSA) is 83.1 Å². The predicted molar refractivity (Wildman–Crippen MR) is 63.7 cm³/mol. The average molecular weight is 286 g/mol. The van der Waals surface area contributed by atoms with E-state index < -0.39 is 10.1 Å². The first-order valence-corrected chi connectivity index (χ1v) is 7.93. The van der Waals surface area contributed by atoms with Crippen LogP contribution in [0.15, 0.2) is 4.34 Å². The number of unbranched alkanes of at least 4 members (excludes halogenated alkanes) is 1. The van der Waals surface area contributed by atoms with Gasteiger partial charge in [-0.3, -0.25) is 8.93 Å². The molecule has 1 aromatic heterocycles. The number of aromatic nitrogens is 2. The summed E-state index contributed by atoms with van der Waals surface area (Å²) in [6.45, 7) is 0. The molecule has 86 valence electrons. The first-order valence-electron chi connectivity index (χ1n) is 4.11. The van der Waals surface area contributed by atoms with Crippen molar-refractivity contribution >= 4 is 45.6 Å². The standard InChI is InChI=1S/C6H10N2O3S4/c9-15(10,11)4-2-1-3-13-6-7-5(12)8-14-6/h1-4H2,(H,8,12)(H,9,10,11). The molecule has 0 aliphatic rings. The van der Waals surface area contributed by atoms with Crippen LogP contribution in [0.4, 0.5) is 0 Å². The second kappa shape index (κ2) is 5.94. The molecule has 0 fully saturated rings. The van der Waals surface area contributed by atoms with E-state index in [1.165, 1.54) is 23.3 Å². The molecule has 5 nitrogen and oxygen atoms in total. The Balaban J connectivity index is 2.15. The lowest BCUT2D eigenvalue weighted by Crippen LogP contribution is -2.03. The Morgan fingerprint density at radius 1 is 1.53 bits per heavy atom. The van der Waals surface area contributed by atoms with Crippen molar-refractivity contribution in [2.75, 3.05) is 11.5 Å². The van der Waals surface area contributed by atoms with E-state index in [9.17, 15) is 8.42 Å². The van der Waals surface area contributed by atoms with Gasteiger partial charge in [-0.15, -0.1) is 0 Å². The fourth-order valence-electron chi connectivity index (χ4n) is 0.824. The van der Waals surface area contributed by atoms with Crippen LogP contribution >= 0.6 is 35.5 Å². The van der Waals surface area contributed by atoms with Crippen molar-refractivity contribution in [3.63, 3.8) is 0 Å². The van der Waals surface area contributed by atoms with Gasteiger partial charge in [-0.25, -0.2) is 4.98 Å². The molecule has 0 aromatic carbocycles. The maximum absolute atomic E-state index is 10.4. The summed E-state index contributed by atoms with van der Waals surface area (Å²) in [6, 6.07) is 0. The van der Waals surface area contributed by atoms with Gasteiger partial charge in [0.25, 0.3) is 10.1 Å². The fourth-order valence-corrected chi connectivity index (χ4v) is 3.37. The van der Waals surface area contributed by atoms with Crippen molar-refractivity contribution < 1.29 is 13.0 Å². The van der Waals surface area contributed by atoms with Gasteiger partial charge in [0, 0.05) is 5.75 Å². The zero-order valence-electron chi connectivity index (χ0n) is 7.67. The molecular formula is C6H10N2O3S4. The minimum Gasteiger partial charge on any atom is -0.286 e. The van der Waals surface area contributed by atoms with Crippen LogP contribution in [-0.2, 0) is 10.1 Å². The lowest BCUT2D eigenvalue weighted by molar-refractivity contribution is 0.481. The molecule has 1 aromatic rings. The molecule has 0 atom stereocenters. The zero-order chi connectivity index (χ0) is 11.3. The van der Waals surface area contributed by atoms with E-state index in [0.29, 0.717) is 11.2 Å². The van der Waals surface area contributed by atoms with Gasteiger partial charge in [-0.2, -0.15) is 8.42 Å². The van der Waals surface area contributed by atoms with E-state index in [4.69, 9.17) is 16.8 Å². The predicted octanol–water partition coefficient (Wildman–Crippen LogP) is 1.96. The summed E-state index contributed by atoms with van der Waals surface area (Å²) in [5.74, 6) is 0.593. The largest absolute Gasteiger partial charge is 0.286 e. The van der Waals surface area contributed by atoms with Gasteiger partial charge < -0.3 is 0 Å². The molecule has 0 aliphatic carbocycles. The number of aromatic amines is 1. The highest BCUT2D eigenvalue weighted by molar-refractivity contribution is 8.00. The molecule has 15 heavy (non-hydrogen) atoms. The number of H-pyrrole nitrogens is 1. The molecule has 1 heterocycles. The minimum atomic E-state index is -3.81. The summed E-state index contributed by atoms with van der Waals surface area (Å²) in [7, 11) is -3.81. The number of nitrogens with one attached hydrogen (secondary N) is 1. The van der Waals surface area contributed by atoms with Crippen molar-refractivity contribution in [1.29, 1.82) is 0 Å². The summed E-state index contributed by atoms with van der Waals surface area (Å²) in [4.78, 5) is 4.03. The maximum Gasteiger partial charge on any atom is 0.264 e. The molecule has 0 bridgehead atoms. The minimum absolute atomic E-state index is 0.177.